The third kappa shape index (κ3) is 3.50. The number of alkyl halides is 11. The van der Waals surface area contributed by atoms with E-state index < -0.39 is 35.3 Å². The van der Waals surface area contributed by atoms with Gasteiger partial charge >= 0.3 is 28.6 Å². The first kappa shape index (κ1) is 18.9. The van der Waals surface area contributed by atoms with Crippen molar-refractivity contribution in [1.29, 1.82) is 0 Å². The lowest BCUT2D eigenvalue weighted by molar-refractivity contribution is -0.440. The summed E-state index contributed by atoms with van der Waals surface area (Å²) in [4.78, 5) is 0. The van der Waals surface area contributed by atoms with Crippen LogP contribution in [0.25, 0.3) is 0 Å². The average molecular weight is 349 g/mol. The van der Waals surface area contributed by atoms with Crippen LogP contribution in [-0.4, -0.2) is 40.4 Å². The Bertz CT molecular complexity index is 327. The third-order valence-corrected chi connectivity index (χ3v) is 2.27. The highest BCUT2D eigenvalue weighted by molar-refractivity contribution is 6.31. The van der Waals surface area contributed by atoms with E-state index in [9.17, 15) is 39.5 Å². The predicted octanol–water partition coefficient (Wildman–Crippen LogP) is 3.55. The first-order valence-corrected chi connectivity index (χ1v) is 4.65. The molecular formula is C6H3Cl2F9O2. The molecule has 0 aliphatic heterocycles. The number of rotatable bonds is 6. The van der Waals surface area contributed by atoms with E-state index in [1.165, 1.54) is 0 Å². The van der Waals surface area contributed by atoms with Gasteiger partial charge in [-0.15, -0.1) is 0 Å². The molecule has 0 spiro atoms. The maximum absolute atomic E-state index is 12.7. The van der Waals surface area contributed by atoms with Crippen LogP contribution in [0.5, 0.6) is 0 Å². The standard InChI is InChI=1S/C6H3Cl2F9O2/c7-4(14,18)5(8,15)19-6(16,17)3(12,13)2(10,11)1-9/h18H,1H2. The second-order valence-corrected chi connectivity index (χ2v) is 4.08. The zero-order chi connectivity index (χ0) is 15.9. The second-order valence-electron chi connectivity index (χ2n) is 3.09. The van der Waals surface area contributed by atoms with Crippen molar-refractivity contribution in [2.24, 2.45) is 0 Å². The van der Waals surface area contributed by atoms with Crippen molar-refractivity contribution < 1.29 is 49.4 Å². The second kappa shape index (κ2) is 5.01. The van der Waals surface area contributed by atoms with Crippen LogP contribution in [0.3, 0.4) is 0 Å². The average Bonchev–Trinajstić information content (AvgIpc) is 2.13. The lowest BCUT2D eigenvalue weighted by atomic mass is 10.1. The van der Waals surface area contributed by atoms with Crippen LogP contribution in [0.2, 0.25) is 0 Å². The van der Waals surface area contributed by atoms with Gasteiger partial charge in [0.25, 0.3) is 0 Å². The van der Waals surface area contributed by atoms with Gasteiger partial charge in [-0.2, -0.15) is 35.1 Å². The largest absolute Gasteiger partial charge is 0.429 e. The van der Waals surface area contributed by atoms with Gasteiger partial charge in [0.1, 0.15) is 0 Å². The molecule has 0 aromatic carbocycles. The van der Waals surface area contributed by atoms with E-state index in [0.29, 0.717) is 0 Å². The Kier molecular flexibility index (Phi) is 4.97. The fraction of sp³-hybridized carbons (Fsp3) is 1.00. The molecule has 116 valence electrons. The number of ether oxygens (including phenoxy) is 1. The summed E-state index contributed by atoms with van der Waals surface area (Å²) in [6.45, 7) is -3.26. The van der Waals surface area contributed by atoms with E-state index >= 15 is 0 Å². The fourth-order valence-corrected chi connectivity index (χ4v) is 0.719. The highest BCUT2D eigenvalue weighted by Crippen LogP contribution is 2.51. The number of aliphatic hydroxyl groups is 1. The Morgan fingerprint density at radius 3 is 1.53 bits per heavy atom. The SMILES string of the molecule is OC(F)(Cl)C(F)(Cl)OC(F)(F)C(F)(F)C(F)(F)CF. The van der Waals surface area contributed by atoms with E-state index in [4.69, 9.17) is 5.11 Å². The van der Waals surface area contributed by atoms with Gasteiger partial charge in [-0.25, -0.2) is 4.39 Å². The molecule has 0 rings (SSSR count). The van der Waals surface area contributed by atoms with Crippen molar-refractivity contribution in [3.05, 3.63) is 0 Å². The van der Waals surface area contributed by atoms with E-state index in [0.717, 1.165) is 0 Å². The van der Waals surface area contributed by atoms with Crippen molar-refractivity contribution >= 4 is 23.2 Å². The molecule has 13 heteroatoms. The highest BCUT2D eigenvalue weighted by atomic mass is 35.5. The summed E-state index contributed by atoms with van der Waals surface area (Å²) in [5.74, 6) is -12.6. The monoisotopic (exact) mass is 348 g/mol. The Morgan fingerprint density at radius 1 is 0.895 bits per heavy atom. The fourth-order valence-electron chi connectivity index (χ4n) is 0.583. The van der Waals surface area contributed by atoms with Gasteiger partial charge in [-0.1, -0.05) is 0 Å². The first-order valence-electron chi connectivity index (χ1n) is 3.89. The smallest absolute Gasteiger partial charge is 0.344 e. The molecule has 0 radical (unpaired) electrons. The predicted molar refractivity (Wildman–Crippen MR) is 43.5 cm³/mol. The van der Waals surface area contributed by atoms with E-state index in [1.54, 1.807) is 0 Å². The first-order chi connectivity index (χ1) is 8.02. The van der Waals surface area contributed by atoms with Crippen molar-refractivity contribution in [1.82, 2.24) is 0 Å². The normalized spacial score (nSPS) is 20.8. The summed E-state index contributed by atoms with van der Waals surface area (Å²) < 4.78 is 114. The van der Waals surface area contributed by atoms with Gasteiger partial charge in [-0.3, -0.25) is 4.74 Å². The van der Waals surface area contributed by atoms with E-state index in [-0.39, 0.29) is 0 Å². The number of hydrogen-bond acceptors (Lipinski definition) is 2. The quantitative estimate of drug-likeness (QED) is 0.587. The van der Waals surface area contributed by atoms with Gasteiger partial charge in [0.2, 0.25) is 0 Å². The molecule has 0 heterocycles. The summed E-state index contributed by atoms with van der Waals surface area (Å²) in [6, 6.07) is 0. The zero-order valence-electron chi connectivity index (χ0n) is 8.22. The molecule has 1 N–H and O–H groups in total. The Labute approximate surface area is 109 Å². The third-order valence-electron chi connectivity index (χ3n) is 1.60. The lowest BCUT2D eigenvalue weighted by Crippen LogP contribution is -2.60. The molecule has 2 nitrogen and oxygen atoms in total. The molecule has 2 unspecified atom stereocenters. The summed E-state index contributed by atoms with van der Waals surface area (Å²) in [7, 11) is 0. The molecular weight excluding hydrogens is 346 g/mol. The Hall–Kier alpha value is -0.130. The molecule has 0 saturated carbocycles. The molecule has 0 aromatic rings. The summed E-state index contributed by atoms with van der Waals surface area (Å²) in [5, 5.41) is -2.11. The highest BCUT2D eigenvalue weighted by Gasteiger charge is 2.76. The van der Waals surface area contributed by atoms with E-state index in [2.05, 4.69) is 27.9 Å². The van der Waals surface area contributed by atoms with Crippen molar-refractivity contribution in [3.63, 3.8) is 0 Å². The van der Waals surface area contributed by atoms with Gasteiger partial charge in [0.05, 0.1) is 0 Å². The molecule has 0 aromatic heterocycles. The summed E-state index contributed by atoms with van der Waals surface area (Å²) >= 11 is 8.14. The molecule has 0 fully saturated rings. The van der Waals surface area contributed by atoms with Crippen LogP contribution >= 0.6 is 23.2 Å². The van der Waals surface area contributed by atoms with Crippen LogP contribution in [0, 0.1) is 0 Å². The zero-order valence-corrected chi connectivity index (χ0v) is 9.73. The molecule has 0 bridgehead atoms. The van der Waals surface area contributed by atoms with Crippen molar-refractivity contribution in [2.75, 3.05) is 6.67 Å². The number of halogens is 11. The van der Waals surface area contributed by atoms with Gasteiger partial charge < -0.3 is 5.11 Å². The van der Waals surface area contributed by atoms with Crippen molar-refractivity contribution in [3.8, 4) is 0 Å². The van der Waals surface area contributed by atoms with Crippen LogP contribution in [0.15, 0.2) is 0 Å². The lowest BCUT2D eigenvalue weighted by Gasteiger charge is -2.34. The molecule has 19 heavy (non-hydrogen) atoms. The van der Waals surface area contributed by atoms with Crippen LogP contribution in [0.1, 0.15) is 0 Å². The Balaban J connectivity index is 5.42. The minimum atomic E-state index is -6.61. The Morgan fingerprint density at radius 2 is 1.26 bits per heavy atom. The topological polar surface area (TPSA) is 29.5 Å². The maximum Gasteiger partial charge on any atom is 0.429 e. The van der Waals surface area contributed by atoms with Crippen LogP contribution < -0.4 is 0 Å². The number of hydrogen-bond donors (Lipinski definition) is 1. The van der Waals surface area contributed by atoms with Crippen LogP contribution in [0.4, 0.5) is 39.5 Å². The summed E-state index contributed by atoms with van der Waals surface area (Å²) in [5.41, 5.74) is 0. The molecule has 0 aliphatic rings. The summed E-state index contributed by atoms with van der Waals surface area (Å²) in [6.07, 6.45) is -6.49. The van der Waals surface area contributed by atoms with Gasteiger partial charge in [0.15, 0.2) is 6.67 Å². The minimum Gasteiger partial charge on any atom is -0.344 e. The van der Waals surface area contributed by atoms with E-state index in [1.807, 2.05) is 0 Å². The van der Waals surface area contributed by atoms with Gasteiger partial charge in [-0.05, 0) is 23.2 Å². The molecule has 2 atom stereocenters. The minimum absolute atomic E-state index is 2.25. The molecule has 0 amide bonds. The maximum atomic E-state index is 12.7. The van der Waals surface area contributed by atoms with Crippen molar-refractivity contribution in [2.45, 2.75) is 28.6 Å². The van der Waals surface area contributed by atoms with Gasteiger partial charge in [0, 0.05) is 0 Å². The molecule has 0 saturated heterocycles. The molecule has 0 aliphatic carbocycles. The van der Waals surface area contributed by atoms with Crippen LogP contribution in [-0.2, 0) is 4.74 Å².